The molecular weight excluding hydrogens is 359 g/mol. The molecule has 0 unspecified atom stereocenters. The molecule has 2 aromatic rings. The molecule has 0 radical (unpaired) electrons. The lowest BCUT2D eigenvalue weighted by Crippen LogP contribution is -2.19. The van der Waals surface area contributed by atoms with Gasteiger partial charge in [-0.25, -0.2) is 4.98 Å². The summed E-state index contributed by atoms with van der Waals surface area (Å²) in [5, 5.41) is 10.7. The first-order chi connectivity index (χ1) is 12.1. The number of anilines is 1. The lowest BCUT2D eigenvalue weighted by Gasteiger charge is -2.19. The minimum absolute atomic E-state index is 0.299. The van der Waals surface area contributed by atoms with E-state index in [1.807, 2.05) is 19.2 Å². The molecular formula is C19H26Cl2N2O2. The summed E-state index contributed by atoms with van der Waals surface area (Å²) < 4.78 is 5.40. The van der Waals surface area contributed by atoms with Gasteiger partial charge in [0.2, 0.25) is 0 Å². The summed E-state index contributed by atoms with van der Waals surface area (Å²) in [5.41, 5.74) is 0.688. The fourth-order valence-electron chi connectivity index (χ4n) is 2.87. The van der Waals surface area contributed by atoms with Crippen molar-refractivity contribution in [2.45, 2.75) is 38.5 Å². The van der Waals surface area contributed by atoms with Crippen LogP contribution < -0.4 is 9.64 Å². The molecule has 0 aliphatic heterocycles. The molecule has 138 valence electrons. The van der Waals surface area contributed by atoms with Gasteiger partial charge in [0.1, 0.15) is 11.3 Å². The predicted molar refractivity (Wildman–Crippen MR) is 106 cm³/mol. The van der Waals surface area contributed by atoms with Crippen molar-refractivity contribution < 1.29 is 9.84 Å². The molecule has 25 heavy (non-hydrogen) atoms. The molecule has 0 saturated carbocycles. The molecule has 0 saturated heterocycles. The maximum Gasteiger partial charge on any atom is 0.163 e. The number of aliphatic hydroxyl groups is 1. The van der Waals surface area contributed by atoms with Crippen LogP contribution in [0.4, 0.5) is 5.82 Å². The Bertz CT molecular complexity index is 695. The van der Waals surface area contributed by atoms with E-state index in [0.717, 1.165) is 37.0 Å². The van der Waals surface area contributed by atoms with Gasteiger partial charge in [-0.2, -0.15) is 0 Å². The van der Waals surface area contributed by atoms with E-state index in [1.54, 1.807) is 13.2 Å². The van der Waals surface area contributed by atoms with Crippen molar-refractivity contribution in [3.63, 3.8) is 0 Å². The fourth-order valence-corrected chi connectivity index (χ4v) is 3.46. The highest BCUT2D eigenvalue weighted by Crippen LogP contribution is 2.37. The third-order valence-electron chi connectivity index (χ3n) is 4.32. The number of pyridine rings is 1. The van der Waals surface area contributed by atoms with Crippen LogP contribution in [0.2, 0.25) is 10.0 Å². The van der Waals surface area contributed by atoms with Gasteiger partial charge in [-0.15, -0.1) is 0 Å². The minimum atomic E-state index is 0.299. The number of halogens is 2. The maximum absolute atomic E-state index is 8.78. The van der Waals surface area contributed by atoms with Crippen LogP contribution in [-0.4, -0.2) is 37.4 Å². The van der Waals surface area contributed by atoms with Crippen LogP contribution in [0.1, 0.15) is 38.5 Å². The van der Waals surface area contributed by atoms with Crippen molar-refractivity contribution >= 4 is 39.9 Å². The SMILES string of the molecule is COc1c(Cl)cc(Cl)c2ccc(N(C)CCCCCCCCO)nc12. The molecule has 2 rings (SSSR count). The topological polar surface area (TPSA) is 45.6 Å². The summed E-state index contributed by atoms with van der Waals surface area (Å²) >= 11 is 12.5. The summed E-state index contributed by atoms with van der Waals surface area (Å²) in [5.74, 6) is 1.43. The molecule has 4 nitrogen and oxygen atoms in total. The predicted octanol–water partition coefficient (Wildman–Crippen LogP) is 5.32. The highest BCUT2D eigenvalue weighted by molar-refractivity contribution is 6.39. The van der Waals surface area contributed by atoms with Gasteiger partial charge < -0.3 is 14.7 Å². The van der Waals surface area contributed by atoms with Crippen LogP contribution >= 0.6 is 23.2 Å². The van der Waals surface area contributed by atoms with Crippen LogP contribution in [0.25, 0.3) is 10.9 Å². The van der Waals surface area contributed by atoms with Gasteiger partial charge in [-0.05, 0) is 31.0 Å². The smallest absolute Gasteiger partial charge is 0.163 e. The normalized spacial score (nSPS) is 11.1. The van der Waals surface area contributed by atoms with Gasteiger partial charge in [0, 0.05) is 25.6 Å². The number of unbranched alkanes of at least 4 members (excludes halogenated alkanes) is 5. The molecule has 0 aliphatic rings. The monoisotopic (exact) mass is 384 g/mol. The van der Waals surface area contributed by atoms with E-state index in [-0.39, 0.29) is 0 Å². The van der Waals surface area contributed by atoms with Crippen molar-refractivity contribution in [1.29, 1.82) is 0 Å². The zero-order valence-electron chi connectivity index (χ0n) is 14.9. The van der Waals surface area contributed by atoms with E-state index in [9.17, 15) is 0 Å². The summed E-state index contributed by atoms with van der Waals surface area (Å²) in [4.78, 5) is 6.85. The number of hydrogen-bond donors (Lipinski definition) is 1. The Balaban J connectivity index is 2.00. The molecule has 0 atom stereocenters. The second kappa shape index (κ2) is 10.0. The van der Waals surface area contributed by atoms with E-state index in [1.165, 1.54) is 19.3 Å². The van der Waals surface area contributed by atoms with Crippen molar-refractivity contribution in [3.05, 3.63) is 28.2 Å². The number of benzene rings is 1. The standard InChI is InChI=1S/C19H26Cl2N2O2/c1-23(11-7-5-3-4-6-8-12-24)17-10-9-14-15(20)13-16(21)19(25-2)18(14)22-17/h9-10,13,24H,3-8,11-12H2,1-2H3. The molecule has 0 amide bonds. The first kappa shape index (κ1) is 20.1. The summed E-state index contributed by atoms with van der Waals surface area (Å²) in [6.07, 6.45) is 6.71. The van der Waals surface area contributed by atoms with Crippen molar-refractivity contribution in [2.75, 3.05) is 32.2 Å². The molecule has 1 heterocycles. The Kier molecular flexibility index (Phi) is 8.07. The molecule has 0 aliphatic carbocycles. The van der Waals surface area contributed by atoms with Crippen LogP contribution in [0.3, 0.4) is 0 Å². The van der Waals surface area contributed by atoms with Crippen molar-refractivity contribution in [3.8, 4) is 5.75 Å². The first-order valence-corrected chi connectivity index (χ1v) is 9.48. The second-order valence-electron chi connectivity index (χ2n) is 6.21. The molecule has 1 aromatic carbocycles. The Hall–Kier alpha value is -1.23. The Labute approximate surface area is 159 Å². The van der Waals surface area contributed by atoms with Crippen molar-refractivity contribution in [1.82, 2.24) is 4.98 Å². The van der Waals surface area contributed by atoms with E-state index in [2.05, 4.69) is 4.90 Å². The molecule has 6 heteroatoms. The quantitative estimate of drug-likeness (QED) is 0.563. The van der Waals surface area contributed by atoms with Crippen molar-refractivity contribution in [2.24, 2.45) is 0 Å². The molecule has 1 N–H and O–H groups in total. The average molecular weight is 385 g/mol. The van der Waals surface area contributed by atoms with E-state index in [4.69, 9.17) is 38.0 Å². The van der Waals surface area contributed by atoms with Gasteiger partial charge in [0.05, 0.1) is 17.2 Å². The number of methoxy groups -OCH3 is 1. The van der Waals surface area contributed by atoms with Gasteiger partial charge in [0.15, 0.2) is 5.75 Å². The third kappa shape index (κ3) is 5.37. The van der Waals surface area contributed by atoms with Crippen LogP contribution in [-0.2, 0) is 0 Å². The number of aromatic nitrogens is 1. The number of rotatable bonds is 10. The Morgan fingerprint density at radius 3 is 2.40 bits per heavy atom. The van der Waals surface area contributed by atoms with Crippen LogP contribution in [0, 0.1) is 0 Å². The second-order valence-corrected chi connectivity index (χ2v) is 7.02. The number of aliphatic hydroxyl groups excluding tert-OH is 1. The largest absolute Gasteiger partial charge is 0.493 e. The highest BCUT2D eigenvalue weighted by Gasteiger charge is 2.14. The van der Waals surface area contributed by atoms with Gasteiger partial charge in [0.25, 0.3) is 0 Å². The zero-order valence-corrected chi connectivity index (χ0v) is 16.4. The molecule has 0 spiro atoms. The molecule has 0 fully saturated rings. The zero-order chi connectivity index (χ0) is 18.2. The summed E-state index contributed by atoms with van der Waals surface area (Å²) in [6, 6.07) is 5.62. The minimum Gasteiger partial charge on any atom is -0.493 e. The lowest BCUT2D eigenvalue weighted by molar-refractivity contribution is 0.282. The fraction of sp³-hybridized carbons (Fsp3) is 0.526. The summed E-state index contributed by atoms with van der Waals surface area (Å²) in [7, 11) is 3.63. The number of hydrogen-bond acceptors (Lipinski definition) is 4. The Morgan fingerprint density at radius 2 is 1.72 bits per heavy atom. The first-order valence-electron chi connectivity index (χ1n) is 8.73. The Morgan fingerprint density at radius 1 is 1.04 bits per heavy atom. The lowest BCUT2D eigenvalue weighted by atomic mass is 10.1. The number of fused-ring (bicyclic) bond motifs is 1. The maximum atomic E-state index is 8.78. The van der Waals surface area contributed by atoms with E-state index in [0.29, 0.717) is 27.9 Å². The van der Waals surface area contributed by atoms with Crippen LogP contribution in [0.15, 0.2) is 18.2 Å². The van der Waals surface area contributed by atoms with Gasteiger partial charge in [-0.1, -0.05) is 48.9 Å². The van der Waals surface area contributed by atoms with Crippen LogP contribution in [0.5, 0.6) is 5.75 Å². The molecule has 1 aromatic heterocycles. The molecule has 0 bridgehead atoms. The van der Waals surface area contributed by atoms with E-state index < -0.39 is 0 Å². The highest BCUT2D eigenvalue weighted by atomic mass is 35.5. The van der Waals surface area contributed by atoms with E-state index >= 15 is 0 Å². The van der Waals surface area contributed by atoms with Gasteiger partial charge >= 0.3 is 0 Å². The van der Waals surface area contributed by atoms with Gasteiger partial charge in [-0.3, -0.25) is 0 Å². The summed E-state index contributed by atoms with van der Waals surface area (Å²) in [6.45, 7) is 1.24. The third-order valence-corrected chi connectivity index (χ3v) is 4.91. The average Bonchev–Trinajstić information content (AvgIpc) is 2.60. The number of nitrogens with zero attached hydrogens (tertiary/aromatic N) is 2. The number of ether oxygens (including phenoxy) is 1.